The summed E-state index contributed by atoms with van der Waals surface area (Å²) in [7, 11) is 0. The predicted molar refractivity (Wildman–Crippen MR) is 82.4 cm³/mol. The summed E-state index contributed by atoms with van der Waals surface area (Å²) in [6, 6.07) is 4.73. The zero-order valence-corrected chi connectivity index (χ0v) is 13.0. The number of hydrogen-bond donors (Lipinski definition) is 0. The van der Waals surface area contributed by atoms with Crippen molar-refractivity contribution < 1.29 is 18.0 Å². The third-order valence-corrected chi connectivity index (χ3v) is 4.08. The first-order chi connectivity index (χ1) is 10.4. The fraction of sp³-hybridized carbons (Fsp3) is 0.333. The Balaban J connectivity index is 2.26. The molecule has 1 amide bonds. The van der Waals surface area contributed by atoms with E-state index in [1.165, 1.54) is 23.9 Å². The van der Waals surface area contributed by atoms with Gasteiger partial charge in [0, 0.05) is 13.1 Å². The Morgan fingerprint density at radius 3 is 2.36 bits per heavy atom. The topological polar surface area (TPSA) is 32.7 Å². The molecule has 0 radical (unpaired) electrons. The lowest BCUT2D eigenvalue weighted by atomic mass is 10.1. The lowest BCUT2D eigenvalue weighted by molar-refractivity contribution is -0.137. The molecule has 1 fully saturated rings. The number of carbonyl (C=O) groups is 1. The van der Waals surface area contributed by atoms with Gasteiger partial charge < -0.3 is 0 Å². The smallest absolute Gasteiger partial charge is 0.287 e. The number of benzene rings is 1. The zero-order valence-electron chi connectivity index (χ0n) is 12.1. The highest BCUT2D eigenvalue weighted by atomic mass is 32.2. The normalized spacial score (nSPS) is 19.5. The monoisotopic (exact) mass is 328 g/mol. The minimum Gasteiger partial charge on any atom is -0.287 e. The summed E-state index contributed by atoms with van der Waals surface area (Å²) in [5, 5.41) is 0.633. The average molecular weight is 328 g/mol. The van der Waals surface area contributed by atoms with Crippen LogP contribution in [-0.4, -0.2) is 29.1 Å². The van der Waals surface area contributed by atoms with E-state index < -0.39 is 11.7 Å². The number of alkyl halides is 3. The Labute approximate surface area is 130 Å². The van der Waals surface area contributed by atoms with E-state index in [1.54, 1.807) is 11.0 Å². The molecule has 1 saturated heterocycles. The van der Waals surface area contributed by atoms with Crippen LogP contribution >= 0.6 is 11.8 Å². The van der Waals surface area contributed by atoms with Crippen LogP contribution in [0, 0.1) is 0 Å². The van der Waals surface area contributed by atoms with E-state index in [-0.39, 0.29) is 5.91 Å². The summed E-state index contributed by atoms with van der Waals surface area (Å²) in [4.78, 5) is 18.5. The van der Waals surface area contributed by atoms with Crippen molar-refractivity contribution in [2.45, 2.75) is 20.0 Å². The number of carbonyl (C=O) groups excluding carboxylic acids is 1. The summed E-state index contributed by atoms with van der Waals surface area (Å²) < 4.78 is 37.6. The molecule has 0 aromatic heterocycles. The molecule has 0 aliphatic carbocycles. The highest BCUT2D eigenvalue weighted by Gasteiger charge is 2.32. The Hall–Kier alpha value is -1.76. The van der Waals surface area contributed by atoms with Crippen LogP contribution in [0.1, 0.15) is 25.0 Å². The lowest BCUT2D eigenvalue weighted by Gasteiger charge is -2.11. The van der Waals surface area contributed by atoms with Crippen molar-refractivity contribution in [3.8, 4) is 0 Å². The molecule has 7 heteroatoms. The van der Waals surface area contributed by atoms with E-state index in [2.05, 4.69) is 4.99 Å². The molecular formula is C15H15F3N2OS. The van der Waals surface area contributed by atoms with Crippen LogP contribution < -0.4 is 0 Å². The van der Waals surface area contributed by atoms with Gasteiger partial charge in [0.25, 0.3) is 5.91 Å². The van der Waals surface area contributed by atoms with Crippen molar-refractivity contribution >= 4 is 28.9 Å². The second-order valence-electron chi connectivity index (χ2n) is 4.54. The third kappa shape index (κ3) is 3.52. The van der Waals surface area contributed by atoms with Gasteiger partial charge in [-0.15, -0.1) is 0 Å². The maximum atomic E-state index is 12.5. The number of aliphatic imine (C=N–C) groups is 1. The van der Waals surface area contributed by atoms with Crippen LogP contribution in [0.15, 0.2) is 34.2 Å². The maximum Gasteiger partial charge on any atom is 0.416 e. The van der Waals surface area contributed by atoms with Crippen molar-refractivity contribution in [1.82, 2.24) is 4.90 Å². The van der Waals surface area contributed by atoms with Gasteiger partial charge in [-0.3, -0.25) is 14.7 Å². The molecule has 0 saturated carbocycles. The summed E-state index contributed by atoms with van der Waals surface area (Å²) >= 11 is 1.25. The molecule has 1 aromatic rings. The fourth-order valence-corrected chi connectivity index (χ4v) is 3.06. The van der Waals surface area contributed by atoms with Crippen LogP contribution in [0.3, 0.4) is 0 Å². The summed E-state index contributed by atoms with van der Waals surface area (Å²) in [6.45, 7) is 4.81. The first-order valence-electron chi connectivity index (χ1n) is 6.80. The molecule has 0 bridgehead atoms. The van der Waals surface area contributed by atoms with Crippen molar-refractivity contribution in [1.29, 1.82) is 0 Å². The van der Waals surface area contributed by atoms with E-state index in [0.717, 1.165) is 12.1 Å². The molecule has 0 N–H and O–H groups in total. The van der Waals surface area contributed by atoms with Gasteiger partial charge in [0.15, 0.2) is 5.17 Å². The Morgan fingerprint density at radius 1 is 1.23 bits per heavy atom. The minimum absolute atomic E-state index is 0.167. The molecule has 1 heterocycles. The second-order valence-corrected chi connectivity index (χ2v) is 5.55. The van der Waals surface area contributed by atoms with Gasteiger partial charge in [-0.1, -0.05) is 12.1 Å². The molecule has 1 aliphatic heterocycles. The second kappa shape index (κ2) is 6.56. The van der Waals surface area contributed by atoms with E-state index in [1.807, 2.05) is 13.8 Å². The summed E-state index contributed by atoms with van der Waals surface area (Å²) in [6.07, 6.45) is -2.77. The molecule has 0 unspecified atom stereocenters. The average Bonchev–Trinajstić information content (AvgIpc) is 2.74. The van der Waals surface area contributed by atoms with E-state index in [0.29, 0.717) is 28.7 Å². The summed E-state index contributed by atoms with van der Waals surface area (Å²) in [5.74, 6) is -0.167. The van der Waals surface area contributed by atoms with Crippen LogP contribution in [0.2, 0.25) is 0 Å². The van der Waals surface area contributed by atoms with Gasteiger partial charge in [-0.05, 0) is 49.4 Å². The molecule has 3 nitrogen and oxygen atoms in total. The van der Waals surface area contributed by atoms with Crippen LogP contribution in [0.5, 0.6) is 0 Å². The Kier molecular flexibility index (Phi) is 4.95. The van der Waals surface area contributed by atoms with E-state index in [9.17, 15) is 18.0 Å². The van der Waals surface area contributed by atoms with Gasteiger partial charge in [0.1, 0.15) is 0 Å². The van der Waals surface area contributed by atoms with Gasteiger partial charge in [-0.25, -0.2) is 0 Å². The van der Waals surface area contributed by atoms with Crippen molar-refractivity contribution in [3.63, 3.8) is 0 Å². The number of halogens is 3. The number of rotatable bonds is 3. The van der Waals surface area contributed by atoms with Gasteiger partial charge in [0.2, 0.25) is 0 Å². The fourth-order valence-electron chi connectivity index (χ4n) is 1.96. The lowest BCUT2D eigenvalue weighted by Crippen LogP contribution is -2.28. The van der Waals surface area contributed by atoms with Crippen molar-refractivity contribution in [2.75, 3.05) is 13.1 Å². The molecule has 1 aliphatic rings. The number of hydrogen-bond acceptors (Lipinski definition) is 3. The number of amides is 1. The molecule has 2 rings (SSSR count). The quantitative estimate of drug-likeness (QED) is 0.785. The number of thioether (sulfide) groups is 1. The standard InChI is InChI=1S/C15H15F3N2OS/c1-3-19-14-20(4-2)13(21)12(22-14)9-10-5-7-11(8-6-10)15(16,17)18/h5-9H,3-4H2,1-2H3/b12-9+,19-14?. The summed E-state index contributed by atoms with van der Waals surface area (Å²) in [5.41, 5.74) is -0.152. The first kappa shape index (κ1) is 16.6. The number of likely N-dealkylation sites (N-methyl/N-ethyl adjacent to an activating group) is 1. The number of amidine groups is 1. The highest BCUT2D eigenvalue weighted by Crippen LogP contribution is 2.33. The van der Waals surface area contributed by atoms with Crippen LogP contribution in [0.25, 0.3) is 6.08 Å². The molecule has 1 aromatic carbocycles. The minimum atomic E-state index is -4.36. The Morgan fingerprint density at radius 2 is 1.86 bits per heavy atom. The highest BCUT2D eigenvalue weighted by molar-refractivity contribution is 8.18. The first-order valence-corrected chi connectivity index (χ1v) is 7.61. The SMILES string of the molecule is CCN=C1S/C(=C/c2ccc(C(F)(F)F)cc2)C(=O)N1CC. The molecule has 118 valence electrons. The van der Waals surface area contributed by atoms with Gasteiger partial charge >= 0.3 is 6.18 Å². The third-order valence-electron chi connectivity index (χ3n) is 3.03. The largest absolute Gasteiger partial charge is 0.416 e. The van der Waals surface area contributed by atoms with Crippen LogP contribution in [0.4, 0.5) is 13.2 Å². The van der Waals surface area contributed by atoms with Crippen molar-refractivity contribution in [2.24, 2.45) is 4.99 Å². The predicted octanol–water partition coefficient (Wildman–Crippen LogP) is 4.02. The van der Waals surface area contributed by atoms with E-state index >= 15 is 0 Å². The molecule has 0 spiro atoms. The van der Waals surface area contributed by atoms with E-state index in [4.69, 9.17) is 0 Å². The molecular weight excluding hydrogens is 313 g/mol. The van der Waals surface area contributed by atoms with Crippen molar-refractivity contribution in [3.05, 3.63) is 40.3 Å². The zero-order chi connectivity index (χ0) is 16.3. The molecule has 0 atom stereocenters. The maximum absolute atomic E-state index is 12.5. The van der Waals surface area contributed by atoms with Gasteiger partial charge in [-0.2, -0.15) is 13.2 Å². The van der Waals surface area contributed by atoms with Crippen LogP contribution in [-0.2, 0) is 11.0 Å². The van der Waals surface area contributed by atoms with Gasteiger partial charge in [0.05, 0.1) is 10.5 Å². The number of nitrogens with zero attached hydrogens (tertiary/aromatic N) is 2. The molecule has 22 heavy (non-hydrogen) atoms. The Bertz CT molecular complexity index is 621.